The van der Waals surface area contributed by atoms with Crippen molar-refractivity contribution >= 4 is 17.2 Å². The fourth-order valence-electron chi connectivity index (χ4n) is 2.82. The van der Waals surface area contributed by atoms with Crippen molar-refractivity contribution in [1.29, 1.82) is 0 Å². The van der Waals surface area contributed by atoms with Crippen molar-refractivity contribution in [3.8, 4) is 0 Å². The lowest BCUT2D eigenvalue weighted by atomic mass is 9.97. The highest BCUT2D eigenvalue weighted by Gasteiger charge is 2.32. The number of carbonyl (C=O) groups excluding carboxylic acids is 1. The van der Waals surface area contributed by atoms with Gasteiger partial charge in [-0.3, -0.25) is 4.79 Å². The zero-order valence-electron chi connectivity index (χ0n) is 11.5. The molecule has 1 aliphatic heterocycles. The van der Waals surface area contributed by atoms with E-state index >= 15 is 0 Å². The van der Waals surface area contributed by atoms with E-state index in [0.29, 0.717) is 6.54 Å². The Bertz CT molecular complexity index is 686. The number of thiophene rings is 1. The monoisotopic (exact) mass is 308 g/mol. The quantitative estimate of drug-likeness (QED) is 0.795. The Balaban J connectivity index is 1.97. The maximum Gasteiger partial charge on any atom is 0.257 e. The first-order chi connectivity index (χ1) is 10.1. The molecule has 0 aliphatic carbocycles. The molecule has 1 aliphatic rings. The van der Waals surface area contributed by atoms with Gasteiger partial charge in [0, 0.05) is 17.6 Å². The summed E-state index contributed by atoms with van der Waals surface area (Å²) in [5, 5.41) is 2.01. The number of amides is 1. The van der Waals surface area contributed by atoms with E-state index < -0.39 is 17.7 Å². The van der Waals surface area contributed by atoms with Crippen LogP contribution in [0.1, 0.15) is 40.2 Å². The average Bonchev–Trinajstić information content (AvgIpc) is 2.96. The minimum Gasteiger partial charge on any atom is -0.331 e. The third-order valence-corrected chi connectivity index (χ3v) is 4.82. The highest BCUT2D eigenvalue weighted by molar-refractivity contribution is 7.10. The third-order valence-electron chi connectivity index (χ3n) is 3.82. The molecule has 0 N–H and O–H groups in total. The summed E-state index contributed by atoms with van der Waals surface area (Å²) in [7, 11) is 0. The highest BCUT2D eigenvalue weighted by Crippen LogP contribution is 2.36. The van der Waals surface area contributed by atoms with Crippen LogP contribution >= 0.6 is 11.3 Å². The molecule has 21 heavy (non-hydrogen) atoms. The van der Waals surface area contributed by atoms with Gasteiger partial charge in [0.05, 0.1) is 11.6 Å². The fraction of sp³-hybridized carbons (Fsp3) is 0.333. The Morgan fingerprint density at radius 3 is 3.05 bits per heavy atom. The molecule has 0 radical (unpaired) electrons. The molecule has 1 atom stereocenters. The molecule has 0 bridgehead atoms. The van der Waals surface area contributed by atoms with Gasteiger partial charge in [0.2, 0.25) is 5.95 Å². The molecule has 0 aromatic carbocycles. The number of carbonyl (C=O) groups is 1. The number of pyridine rings is 1. The number of rotatable bonds is 2. The predicted octanol–water partition coefficient (Wildman–Crippen LogP) is 3.57. The van der Waals surface area contributed by atoms with Gasteiger partial charge < -0.3 is 4.90 Å². The number of hydrogen-bond acceptors (Lipinski definition) is 3. The van der Waals surface area contributed by atoms with Crippen molar-refractivity contribution in [3.63, 3.8) is 0 Å². The molecule has 0 spiro atoms. The van der Waals surface area contributed by atoms with Gasteiger partial charge in [-0.2, -0.15) is 4.39 Å². The van der Waals surface area contributed by atoms with E-state index in [9.17, 15) is 13.6 Å². The summed E-state index contributed by atoms with van der Waals surface area (Å²) in [6.07, 6.45) is 2.61. The molecule has 3 rings (SSSR count). The highest BCUT2D eigenvalue weighted by atomic mass is 32.1. The van der Waals surface area contributed by atoms with Crippen molar-refractivity contribution in [2.24, 2.45) is 0 Å². The lowest BCUT2D eigenvalue weighted by Crippen LogP contribution is -2.39. The normalized spacial score (nSPS) is 17.7. The Kier molecular flexibility index (Phi) is 3.71. The van der Waals surface area contributed by atoms with Gasteiger partial charge in [0.1, 0.15) is 0 Å². The van der Waals surface area contributed by atoms with Crippen LogP contribution in [0, 0.1) is 11.8 Å². The molecular weight excluding hydrogens is 294 g/mol. The van der Waals surface area contributed by atoms with E-state index in [1.807, 2.05) is 18.4 Å². The minimum atomic E-state index is -1.23. The second-order valence-corrected chi connectivity index (χ2v) is 5.94. The summed E-state index contributed by atoms with van der Waals surface area (Å²) in [6.45, 7) is 2.51. The van der Waals surface area contributed by atoms with Crippen LogP contribution in [0.25, 0.3) is 0 Å². The number of hydrogen-bond donors (Lipinski definition) is 0. The van der Waals surface area contributed by atoms with Crippen LogP contribution in [0.2, 0.25) is 0 Å². The van der Waals surface area contributed by atoms with Gasteiger partial charge in [-0.25, -0.2) is 9.37 Å². The van der Waals surface area contributed by atoms with Crippen LogP contribution in [0.5, 0.6) is 0 Å². The van der Waals surface area contributed by atoms with Gasteiger partial charge in [-0.15, -0.1) is 11.3 Å². The SMILES string of the molecule is CCC1c2ccsc2CCN1C(=O)c1ccnc(F)c1F. The topological polar surface area (TPSA) is 33.2 Å². The molecular formula is C15H14F2N2OS. The van der Waals surface area contributed by atoms with Gasteiger partial charge in [-0.05, 0) is 35.9 Å². The van der Waals surface area contributed by atoms with Crippen LogP contribution in [0.4, 0.5) is 8.78 Å². The van der Waals surface area contributed by atoms with E-state index in [1.165, 1.54) is 10.9 Å². The van der Waals surface area contributed by atoms with Gasteiger partial charge in [-0.1, -0.05) is 6.92 Å². The van der Waals surface area contributed by atoms with Gasteiger partial charge in [0.15, 0.2) is 5.82 Å². The average molecular weight is 308 g/mol. The maximum atomic E-state index is 13.8. The summed E-state index contributed by atoms with van der Waals surface area (Å²) < 4.78 is 27.0. The number of halogens is 2. The van der Waals surface area contributed by atoms with Crippen molar-refractivity contribution in [2.45, 2.75) is 25.8 Å². The van der Waals surface area contributed by atoms with Crippen LogP contribution < -0.4 is 0 Å². The lowest BCUT2D eigenvalue weighted by Gasteiger charge is -2.35. The van der Waals surface area contributed by atoms with Crippen LogP contribution in [-0.2, 0) is 6.42 Å². The summed E-state index contributed by atoms with van der Waals surface area (Å²) in [5.74, 6) is -2.88. The predicted molar refractivity (Wildman–Crippen MR) is 76.2 cm³/mol. The molecule has 3 heterocycles. The molecule has 1 unspecified atom stereocenters. The summed E-state index contributed by atoms with van der Waals surface area (Å²) in [5.41, 5.74) is 0.872. The molecule has 2 aromatic rings. The first kappa shape index (κ1) is 14.1. The number of aromatic nitrogens is 1. The second kappa shape index (κ2) is 5.52. The molecule has 1 amide bonds. The second-order valence-electron chi connectivity index (χ2n) is 4.94. The van der Waals surface area contributed by atoms with Crippen LogP contribution in [0.15, 0.2) is 23.7 Å². The van der Waals surface area contributed by atoms with Crippen molar-refractivity contribution in [3.05, 3.63) is 51.5 Å². The fourth-order valence-corrected chi connectivity index (χ4v) is 3.75. The Hall–Kier alpha value is -1.82. The Morgan fingerprint density at radius 1 is 1.48 bits per heavy atom. The smallest absolute Gasteiger partial charge is 0.257 e. The maximum absolute atomic E-state index is 13.8. The van der Waals surface area contributed by atoms with E-state index in [-0.39, 0.29) is 11.6 Å². The molecule has 2 aromatic heterocycles. The van der Waals surface area contributed by atoms with E-state index in [2.05, 4.69) is 4.98 Å². The molecule has 0 saturated carbocycles. The van der Waals surface area contributed by atoms with E-state index in [4.69, 9.17) is 0 Å². The summed E-state index contributed by atoms with van der Waals surface area (Å²) in [4.78, 5) is 18.7. The largest absolute Gasteiger partial charge is 0.331 e. The Labute approximate surface area is 125 Å². The molecule has 0 saturated heterocycles. The lowest BCUT2D eigenvalue weighted by molar-refractivity contribution is 0.0651. The standard InChI is InChI=1S/C15H14F2N2OS/c1-2-11-9-5-8-21-12(9)4-7-19(11)15(20)10-3-6-18-14(17)13(10)16/h3,5-6,8,11H,2,4,7H2,1H3. The van der Waals surface area contributed by atoms with Gasteiger partial charge in [0.25, 0.3) is 5.91 Å². The summed E-state index contributed by atoms with van der Waals surface area (Å²) >= 11 is 1.68. The number of fused-ring (bicyclic) bond motifs is 1. The van der Waals surface area contributed by atoms with Crippen molar-refractivity contribution < 1.29 is 13.6 Å². The first-order valence-corrected chi connectivity index (χ1v) is 7.68. The molecule has 110 valence electrons. The first-order valence-electron chi connectivity index (χ1n) is 6.80. The third kappa shape index (κ3) is 2.33. The van der Waals surface area contributed by atoms with Crippen molar-refractivity contribution in [2.75, 3.05) is 6.54 Å². The minimum absolute atomic E-state index is 0.0804. The van der Waals surface area contributed by atoms with E-state index in [0.717, 1.165) is 24.6 Å². The van der Waals surface area contributed by atoms with Gasteiger partial charge >= 0.3 is 0 Å². The van der Waals surface area contributed by atoms with Crippen molar-refractivity contribution in [1.82, 2.24) is 9.88 Å². The number of nitrogens with zero attached hydrogens (tertiary/aromatic N) is 2. The molecule has 0 fully saturated rings. The Morgan fingerprint density at radius 2 is 2.29 bits per heavy atom. The zero-order chi connectivity index (χ0) is 15.0. The summed E-state index contributed by atoms with van der Waals surface area (Å²) in [6, 6.07) is 3.16. The van der Waals surface area contributed by atoms with E-state index in [1.54, 1.807) is 16.2 Å². The molecule has 6 heteroatoms. The molecule has 3 nitrogen and oxygen atoms in total. The zero-order valence-corrected chi connectivity index (χ0v) is 12.3. The van der Waals surface area contributed by atoms with Crippen LogP contribution in [-0.4, -0.2) is 22.3 Å². The van der Waals surface area contributed by atoms with Crippen LogP contribution in [0.3, 0.4) is 0 Å².